The minimum Gasteiger partial charge on any atom is -0.381 e. The predicted molar refractivity (Wildman–Crippen MR) is 72.4 cm³/mol. The van der Waals surface area contributed by atoms with E-state index < -0.39 is 0 Å². The van der Waals surface area contributed by atoms with Gasteiger partial charge in [-0.05, 0) is 41.9 Å². The third kappa shape index (κ3) is 2.79. The zero-order chi connectivity index (χ0) is 11.5. The van der Waals surface area contributed by atoms with Crippen LogP contribution in [0.1, 0.15) is 23.8 Å². The molecule has 2 atom stereocenters. The van der Waals surface area contributed by atoms with E-state index in [0.717, 1.165) is 28.4 Å². The molecule has 2 rings (SSSR count). The van der Waals surface area contributed by atoms with Crippen molar-refractivity contribution < 1.29 is 4.74 Å². The van der Waals surface area contributed by atoms with E-state index in [2.05, 4.69) is 27.3 Å². The van der Waals surface area contributed by atoms with Crippen LogP contribution in [-0.2, 0) is 4.74 Å². The van der Waals surface area contributed by atoms with Gasteiger partial charge >= 0.3 is 0 Å². The fourth-order valence-electron chi connectivity index (χ4n) is 2.16. The van der Waals surface area contributed by atoms with E-state index in [9.17, 15) is 0 Å². The number of halogens is 2. The maximum atomic E-state index is 6.08. The van der Waals surface area contributed by atoms with Crippen LogP contribution in [0.25, 0.3) is 0 Å². The SMILES string of the molecule is CNC(c1cc(Br)c(Cl)s1)C1CCCOC1. The van der Waals surface area contributed by atoms with Gasteiger partial charge in [-0.15, -0.1) is 11.3 Å². The van der Waals surface area contributed by atoms with Crippen molar-refractivity contribution in [2.24, 2.45) is 5.92 Å². The molecule has 1 aliphatic rings. The normalized spacial score (nSPS) is 23.3. The van der Waals surface area contributed by atoms with Crippen LogP contribution in [0.4, 0.5) is 0 Å². The van der Waals surface area contributed by atoms with Gasteiger partial charge in [0.15, 0.2) is 0 Å². The topological polar surface area (TPSA) is 21.3 Å². The lowest BCUT2D eigenvalue weighted by Crippen LogP contribution is -2.30. The van der Waals surface area contributed by atoms with E-state index in [4.69, 9.17) is 16.3 Å². The molecule has 0 aliphatic carbocycles. The summed E-state index contributed by atoms with van der Waals surface area (Å²) in [6.45, 7) is 1.75. The highest BCUT2D eigenvalue weighted by Crippen LogP contribution is 2.39. The number of hydrogen-bond acceptors (Lipinski definition) is 3. The lowest BCUT2D eigenvalue weighted by atomic mass is 9.93. The van der Waals surface area contributed by atoms with Gasteiger partial charge in [0.05, 0.1) is 6.61 Å². The van der Waals surface area contributed by atoms with Gasteiger partial charge in [0.25, 0.3) is 0 Å². The van der Waals surface area contributed by atoms with Gasteiger partial charge in [0.1, 0.15) is 4.34 Å². The number of rotatable bonds is 3. The molecule has 1 saturated heterocycles. The van der Waals surface area contributed by atoms with Crippen LogP contribution < -0.4 is 5.32 Å². The Morgan fingerprint density at radius 3 is 3.00 bits per heavy atom. The summed E-state index contributed by atoms with van der Waals surface area (Å²) in [5.41, 5.74) is 0. The molecule has 0 spiro atoms. The molecule has 1 fully saturated rings. The molecule has 1 aromatic heterocycles. The average Bonchev–Trinajstić information content (AvgIpc) is 2.61. The molecule has 1 N–H and O–H groups in total. The number of thiophene rings is 1. The second-order valence-corrected chi connectivity index (χ2v) is 6.55. The Kier molecular flexibility index (Phi) is 4.67. The second-order valence-electron chi connectivity index (χ2n) is 4.01. The van der Waals surface area contributed by atoms with Crippen molar-refractivity contribution in [1.29, 1.82) is 0 Å². The van der Waals surface area contributed by atoms with Crippen LogP contribution >= 0.6 is 38.9 Å². The Morgan fingerprint density at radius 2 is 2.50 bits per heavy atom. The average molecular weight is 325 g/mol. The highest BCUT2D eigenvalue weighted by molar-refractivity contribution is 9.10. The van der Waals surface area contributed by atoms with E-state index >= 15 is 0 Å². The van der Waals surface area contributed by atoms with Crippen molar-refractivity contribution >= 4 is 38.9 Å². The maximum Gasteiger partial charge on any atom is 0.107 e. The minimum absolute atomic E-state index is 0.356. The zero-order valence-electron chi connectivity index (χ0n) is 9.13. The van der Waals surface area contributed by atoms with E-state index in [1.54, 1.807) is 11.3 Å². The monoisotopic (exact) mass is 323 g/mol. The Morgan fingerprint density at radius 1 is 1.69 bits per heavy atom. The van der Waals surface area contributed by atoms with Crippen molar-refractivity contribution in [1.82, 2.24) is 5.32 Å². The van der Waals surface area contributed by atoms with Gasteiger partial charge in [-0.1, -0.05) is 11.6 Å². The summed E-state index contributed by atoms with van der Waals surface area (Å²) in [4.78, 5) is 1.29. The molecular formula is C11H15BrClNOS. The third-order valence-electron chi connectivity index (χ3n) is 2.95. The first-order valence-electron chi connectivity index (χ1n) is 5.42. The first-order chi connectivity index (χ1) is 7.72. The molecular weight excluding hydrogens is 310 g/mol. The van der Waals surface area contributed by atoms with Crippen LogP contribution in [0.5, 0.6) is 0 Å². The molecule has 0 saturated carbocycles. The Bertz CT molecular complexity index is 332. The summed E-state index contributed by atoms with van der Waals surface area (Å²) in [5.74, 6) is 0.556. The quantitative estimate of drug-likeness (QED) is 0.912. The number of hydrogen-bond donors (Lipinski definition) is 1. The van der Waals surface area contributed by atoms with Crippen LogP contribution in [0.3, 0.4) is 0 Å². The highest BCUT2D eigenvalue weighted by Gasteiger charge is 2.26. The highest BCUT2D eigenvalue weighted by atomic mass is 79.9. The van der Waals surface area contributed by atoms with E-state index in [-0.39, 0.29) is 0 Å². The summed E-state index contributed by atoms with van der Waals surface area (Å²) in [6, 6.07) is 2.47. The minimum atomic E-state index is 0.356. The van der Waals surface area contributed by atoms with Crippen LogP contribution in [0.15, 0.2) is 10.5 Å². The number of ether oxygens (including phenoxy) is 1. The fraction of sp³-hybridized carbons (Fsp3) is 0.636. The molecule has 1 aromatic rings. The standard InChI is InChI=1S/C11H15BrClNOS/c1-14-10(7-3-2-4-15-6-7)9-5-8(12)11(13)16-9/h5,7,10,14H,2-4,6H2,1H3. The van der Waals surface area contributed by atoms with E-state index in [0.29, 0.717) is 12.0 Å². The maximum absolute atomic E-state index is 6.08. The largest absolute Gasteiger partial charge is 0.381 e. The van der Waals surface area contributed by atoms with Crippen molar-refractivity contribution in [2.75, 3.05) is 20.3 Å². The Labute approximate surface area is 113 Å². The van der Waals surface area contributed by atoms with Gasteiger partial charge in [0.2, 0.25) is 0 Å². The molecule has 16 heavy (non-hydrogen) atoms. The summed E-state index contributed by atoms with van der Waals surface area (Å²) in [7, 11) is 2.00. The summed E-state index contributed by atoms with van der Waals surface area (Å²) in [6.07, 6.45) is 2.38. The molecule has 2 unspecified atom stereocenters. The molecule has 2 heterocycles. The Hall–Kier alpha value is 0.390. The molecule has 0 aromatic carbocycles. The van der Waals surface area contributed by atoms with Gasteiger partial charge in [-0.3, -0.25) is 0 Å². The smallest absolute Gasteiger partial charge is 0.107 e. The van der Waals surface area contributed by atoms with Crippen molar-refractivity contribution in [3.8, 4) is 0 Å². The molecule has 0 amide bonds. The Balaban J connectivity index is 2.14. The molecule has 0 bridgehead atoms. The third-order valence-corrected chi connectivity index (χ3v) is 5.51. The fourth-order valence-corrected chi connectivity index (χ4v) is 4.10. The molecule has 0 radical (unpaired) electrons. The lowest BCUT2D eigenvalue weighted by molar-refractivity contribution is 0.0407. The predicted octanol–water partition coefficient (Wildman–Crippen LogP) is 3.85. The molecule has 5 heteroatoms. The summed E-state index contributed by atoms with van der Waals surface area (Å²) < 4.78 is 7.36. The van der Waals surface area contributed by atoms with Crippen LogP contribution in [0, 0.1) is 5.92 Å². The van der Waals surface area contributed by atoms with Crippen LogP contribution in [-0.4, -0.2) is 20.3 Å². The van der Waals surface area contributed by atoms with Gasteiger partial charge in [0, 0.05) is 27.9 Å². The molecule has 2 nitrogen and oxygen atoms in total. The van der Waals surface area contributed by atoms with Crippen LogP contribution in [0.2, 0.25) is 4.34 Å². The molecule has 1 aliphatic heterocycles. The zero-order valence-corrected chi connectivity index (χ0v) is 12.3. The lowest BCUT2D eigenvalue weighted by Gasteiger charge is -2.29. The van der Waals surface area contributed by atoms with Gasteiger partial charge < -0.3 is 10.1 Å². The number of nitrogens with one attached hydrogen (secondary N) is 1. The first kappa shape index (κ1) is 12.8. The second kappa shape index (κ2) is 5.83. The van der Waals surface area contributed by atoms with Gasteiger partial charge in [-0.2, -0.15) is 0 Å². The summed E-state index contributed by atoms with van der Waals surface area (Å²) in [5, 5.41) is 3.38. The van der Waals surface area contributed by atoms with Crippen molar-refractivity contribution in [3.05, 3.63) is 19.8 Å². The first-order valence-corrected chi connectivity index (χ1v) is 7.41. The van der Waals surface area contributed by atoms with E-state index in [1.807, 2.05) is 7.05 Å². The molecule has 90 valence electrons. The van der Waals surface area contributed by atoms with E-state index in [1.165, 1.54) is 11.3 Å². The van der Waals surface area contributed by atoms with Crippen molar-refractivity contribution in [3.63, 3.8) is 0 Å². The van der Waals surface area contributed by atoms with Gasteiger partial charge in [-0.25, -0.2) is 0 Å². The summed E-state index contributed by atoms with van der Waals surface area (Å²) >= 11 is 11.2. The van der Waals surface area contributed by atoms with Crippen molar-refractivity contribution in [2.45, 2.75) is 18.9 Å².